The number of nitrogens with one attached hydrogen (secondary N) is 1. The molecule has 2 aliphatic rings. The van der Waals surface area contributed by atoms with Crippen LogP contribution in [0.4, 0.5) is 21.9 Å². The lowest BCUT2D eigenvalue weighted by Gasteiger charge is -2.29. The highest BCUT2D eigenvalue weighted by molar-refractivity contribution is 7.21. The van der Waals surface area contributed by atoms with Gasteiger partial charge in [0.05, 0.1) is 22.4 Å². The van der Waals surface area contributed by atoms with E-state index < -0.39 is 5.91 Å². The molecule has 8 heteroatoms. The molecule has 150 valence electrons. The third kappa shape index (κ3) is 2.93. The van der Waals surface area contributed by atoms with Crippen LogP contribution in [0.2, 0.25) is 0 Å². The van der Waals surface area contributed by atoms with E-state index in [1.807, 2.05) is 31.2 Å². The van der Waals surface area contributed by atoms with E-state index >= 15 is 0 Å². The van der Waals surface area contributed by atoms with Gasteiger partial charge in [-0.05, 0) is 61.7 Å². The maximum atomic E-state index is 13.0. The monoisotopic (exact) mass is 418 g/mol. The topological polar surface area (TPSA) is 97.5 Å². The fourth-order valence-electron chi connectivity index (χ4n) is 3.74. The van der Waals surface area contributed by atoms with E-state index in [-0.39, 0.29) is 6.03 Å². The number of thiophene rings is 1. The van der Waals surface area contributed by atoms with E-state index in [1.165, 1.54) is 11.3 Å². The Balaban J connectivity index is 1.57. The van der Waals surface area contributed by atoms with Crippen LogP contribution in [0.15, 0.2) is 54.4 Å². The number of carbonyl (C=O) groups excluding carboxylic acids is 2. The van der Waals surface area contributed by atoms with E-state index in [1.54, 1.807) is 17.2 Å². The molecule has 0 saturated heterocycles. The van der Waals surface area contributed by atoms with Crippen molar-refractivity contribution in [2.75, 3.05) is 10.2 Å². The molecule has 3 N–H and O–H groups in total. The maximum absolute atomic E-state index is 13.0. The standard InChI is InChI=1S/C22H18N4O3S/c1-12-11-14(29-13-5-3-2-4-6-13)7-8-15(12)26-16-9-10-24-21-17(16)18(25-22(26)28)19(30-21)20(23)27/h3,5-11H,2,4H2,1H3,(H2,23,27)(H,25,28). The van der Waals surface area contributed by atoms with Crippen molar-refractivity contribution in [2.45, 2.75) is 19.8 Å². The number of nitrogens with zero attached hydrogens (tertiary/aromatic N) is 2. The molecule has 0 fully saturated rings. The molecule has 0 saturated carbocycles. The van der Waals surface area contributed by atoms with Crippen LogP contribution < -0.4 is 20.7 Å². The SMILES string of the molecule is Cc1cc(OC2=CCCC=C2)ccc1N1C(=O)Nc2c(C(N)=O)sc3nccc1c23. The van der Waals surface area contributed by atoms with E-state index in [9.17, 15) is 9.59 Å². The Bertz CT molecular complexity index is 1270. The summed E-state index contributed by atoms with van der Waals surface area (Å²) >= 11 is 1.18. The number of benzene rings is 1. The number of primary amides is 1. The number of nitrogens with two attached hydrogens (primary N) is 1. The van der Waals surface area contributed by atoms with Crippen molar-refractivity contribution < 1.29 is 14.3 Å². The smallest absolute Gasteiger partial charge is 0.331 e. The second-order valence-electron chi connectivity index (χ2n) is 7.08. The summed E-state index contributed by atoms with van der Waals surface area (Å²) in [5.74, 6) is 0.942. The molecule has 3 aromatic rings. The zero-order valence-corrected chi connectivity index (χ0v) is 17.0. The number of ether oxygens (including phenoxy) is 1. The van der Waals surface area contributed by atoms with Crippen molar-refractivity contribution in [1.29, 1.82) is 0 Å². The van der Waals surface area contributed by atoms with Crippen LogP contribution >= 0.6 is 11.3 Å². The van der Waals surface area contributed by atoms with Crippen molar-refractivity contribution in [1.82, 2.24) is 4.98 Å². The van der Waals surface area contributed by atoms with Gasteiger partial charge in [-0.2, -0.15) is 0 Å². The summed E-state index contributed by atoms with van der Waals surface area (Å²) in [5, 5.41) is 3.53. The third-order valence-electron chi connectivity index (χ3n) is 5.08. The largest absolute Gasteiger partial charge is 0.458 e. The van der Waals surface area contributed by atoms with Gasteiger partial charge in [0.25, 0.3) is 5.91 Å². The molecule has 2 aromatic heterocycles. The highest BCUT2D eigenvalue weighted by atomic mass is 32.1. The van der Waals surface area contributed by atoms with Crippen LogP contribution in [0, 0.1) is 6.92 Å². The molecular formula is C22H18N4O3S. The summed E-state index contributed by atoms with van der Waals surface area (Å²) in [6, 6.07) is 7.02. The van der Waals surface area contributed by atoms with Gasteiger partial charge in [0, 0.05) is 6.20 Å². The lowest BCUT2D eigenvalue weighted by atomic mass is 10.1. The number of hydrogen-bond donors (Lipinski definition) is 2. The summed E-state index contributed by atoms with van der Waals surface area (Å²) in [4.78, 5) is 31.7. The van der Waals surface area contributed by atoms with Crippen LogP contribution in [-0.4, -0.2) is 16.9 Å². The minimum Gasteiger partial charge on any atom is -0.458 e. The van der Waals surface area contributed by atoms with Gasteiger partial charge < -0.3 is 15.8 Å². The molecule has 0 atom stereocenters. The Labute approximate surface area is 176 Å². The maximum Gasteiger partial charge on any atom is 0.331 e. The Morgan fingerprint density at radius 3 is 2.87 bits per heavy atom. The Morgan fingerprint density at radius 2 is 2.13 bits per heavy atom. The number of amides is 3. The lowest BCUT2D eigenvalue weighted by Crippen LogP contribution is -2.34. The second kappa shape index (κ2) is 7.00. The molecule has 0 bridgehead atoms. The molecule has 1 aromatic carbocycles. The summed E-state index contributed by atoms with van der Waals surface area (Å²) in [7, 11) is 0. The average molecular weight is 418 g/mol. The third-order valence-corrected chi connectivity index (χ3v) is 6.19. The number of hydrogen-bond acceptors (Lipinski definition) is 5. The number of aromatic nitrogens is 1. The zero-order chi connectivity index (χ0) is 20.8. The molecule has 0 unspecified atom stereocenters. The molecule has 1 aliphatic carbocycles. The van der Waals surface area contributed by atoms with Crippen molar-refractivity contribution in [3.63, 3.8) is 0 Å². The van der Waals surface area contributed by atoms with Gasteiger partial charge in [-0.1, -0.05) is 6.08 Å². The molecule has 5 rings (SSSR count). The number of allylic oxidation sites excluding steroid dienone is 3. The van der Waals surface area contributed by atoms with Crippen molar-refractivity contribution >= 4 is 50.6 Å². The first-order valence-electron chi connectivity index (χ1n) is 9.50. The second-order valence-corrected chi connectivity index (χ2v) is 8.08. The van der Waals surface area contributed by atoms with E-state index in [2.05, 4.69) is 22.5 Å². The average Bonchev–Trinajstić information content (AvgIpc) is 3.10. The summed E-state index contributed by atoms with van der Waals surface area (Å²) in [6.07, 6.45) is 9.73. The molecular weight excluding hydrogens is 400 g/mol. The van der Waals surface area contributed by atoms with Crippen LogP contribution in [0.25, 0.3) is 10.2 Å². The lowest BCUT2D eigenvalue weighted by molar-refractivity contribution is 0.100. The minimum absolute atomic E-state index is 0.298. The molecule has 0 spiro atoms. The predicted octanol–water partition coefficient (Wildman–Crippen LogP) is 5.00. The number of anilines is 3. The van der Waals surface area contributed by atoms with Crippen LogP contribution in [0.5, 0.6) is 5.75 Å². The van der Waals surface area contributed by atoms with Gasteiger partial charge in [-0.25, -0.2) is 9.78 Å². The Kier molecular flexibility index (Phi) is 4.29. The molecule has 0 radical (unpaired) electrons. The number of carbonyl (C=O) groups is 2. The zero-order valence-electron chi connectivity index (χ0n) is 16.1. The first kappa shape index (κ1) is 18.4. The number of urea groups is 1. The van der Waals surface area contributed by atoms with Gasteiger partial charge in [-0.3, -0.25) is 9.69 Å². The fourth-order valence-corrected chi connectivity index (χ4v) is 4.71. The normalized spacial score (nSPS) is 15.2. The number of pyridine rings is 1. The van der Waals surface area contributed by atoms with Crippen LogP contribution in [-0.2, 0) is 0 Å². The first-order chi connectivity index (χ1) is 14.5. The fraction of sp³-hybridized carbons (Fsp3) is 0.136. The number of aryl methyl sites for hydroxylation is 1. The Hall–Kier alpha value is -3.65. The summed E-state index contributed by atoms with van der Waals surface area (Å²) < 4.78 is 5.94. The van der Waals surface area contributed by atoms with Gasteiger partial charge in [0.2, 0.25) is 0 Å². The highest BCUT2D eigenvalue weighted by Crippen LogP contribution is 2.46. The highest BCUT2D eigenvalue weighted by Gasteiger charge is 2.32. The quantitative estimate of drug-likeness (QED) is 0.623. The van der Waals surface area contributed by atoms with Gasteiger partial charge in [0.1, 0.15) is 21.2 Å². The molecule has 3 amide bonds. The Morgan fingerprint density at radius 1 is 1.27 bits per heavy atom. The van der Waals surface area contributed by atoms with Gasteiger partial charge in [-0.15, -0.1) is 11.3 Å². The first-order valence-corrected chi connectivity index (χ1v) is 10.3. The van der Waals surface area contributed by atoms with E-state index in [4.69, 9.17) is 10.5 Å². The number of rotatable bonds is 4. The van der Waals surface area contributed by atoms with Crippen molar-refractivity contribution in [2.24, 2.45) is 5.73 Å². The van der Waals surface area contributed by atoms with Gasteiger partial charge >= 0.3 is 6.03 Å². The van der Waals surface area contributed by atoms with Crippen LogP contribution in [0.3, 0.4) is 0 Å². The van der Waals surface area contributed by atoms with Gasteiger partial charge in [0.15, 0.2) is 0 Å². The molecule has 30 heavy (non-hydrogen) atoms. The van der Waals surface area contributed by atoms with E-state index in [0.29, 0.717) is 32.2 Å². The summed E-state index contributed by atoms with van der Waals surface area (Å²) in [6.45, 7) is 1.93. The van der Waals surface area contributed by atoms with Crippen LogP contribution in [0.1, 0.15) is 28.1 Å². The minimum atomic E-state index is -0.587. The predicted molar refractivity (Wildman–Crippen MR) is 118 cm³/mol. The summed E-state index contributed by atoms with van der Waals surface area (Å²) in [5.41, 5.74) is 8.18. The van der Waals surface area contributed by atoms with Crippen molar-refractivity contribution in [3.8, 4) is 5.75 Å². The molecule has 1 aliphatic heterocycles. The molecule has 3 heterocycles. The molecule has 7 nitrogen and oxygen atoms in total. The van der Waals surface area contributed by atoms with Crippen molar-refractivity contribution in [3.05, 3.63) is 64.9 Å². The van der Waals surface area contributed by atoms with E-state index in [0.717, 1.165) is 29.9 Å².